The summed E-state index contributed by atoms with van der Waals surface area (Å²) in [4.78, 5) is 23.9. The van der Waals surface area contributed by atoms with E-state index in [1.54, 1.807) is 36.4 Å². The fourth-order valence-electron chi connectivity index (χ4n) is 2.29. The summed E-state index contributed by atoms with van der Waals surface area (Å²) in [7, 11) is 1.26. The third-order valence-corrected chi connectivity index (χ3v) is 3.85. The van der Waals surface area contributed by atoms with Gasteiger partial charge in [-0.05, 0) is 24.3 Å². The van der Waals surface area contributed by atoms with E-state index in [9.17, 15) is 9.18 Å². The molecule has 0 aliphatic carbocycles. The average Bonchev–Trinajstić information content (AvgIpc) is 2.71. The minimum Gasteiger partial charge on any atom is -0.436 e. The van der Waals surface area contributed by atoms with Gasteiger partial charge in [0, 0.05) is 0 Å². The van der Waals surface area contributed by atoms with Crippen molar-refractivity contribution >= 4 is 23.2 Å². The van der Waals surface area contributed by atoms with Crippen LogP contribution in [-0.2, 0) is 9.63 Å². The fourth-order valence-corrected chi connectivity index (χ4v) is 2.46. The number of carbonyl (C=O) groups is 1. The Bertz CT molecular complexity index is 1080. The van der Waals surface area contributed by atoms with Crippen LogP contribution in [0.25, 0.3) is 0 Å². The van der Waals surface area contributed by atoms with Gasteiger partial charge in [0.05, 0.1) is 10.6 Å². The molecule has 148 valence electrons. The van der Waals surface area contributed by atoms with Crippen molar-refractivity contribution in [3.05, 3.63) is 71.3 Å². The number of primary amides is 1. The highest BCUT2D eigenvalue weighted by Crippen LogP contribution is 2.33. The predicted molar refractivity (Wildman–Crippen MR) is 103 cm³/mol. The molecule has 0 saturated heterocycles. The maximum Gasteiger partial charge on any atom is 0.271 e. The number of nitrogens with zero attached hydrogens (tertiary/aromatic N) is 3. The molecule has 3 rings (SSSR count). The topological polar surface area (TPSA) is 109 Å². The van der Waals surface area contributed by atoms with Gasteiger partial charge in [0.1, 0.15) is 24.9 Å². The Labute approximate surface area is 169 Å². The molecule has 29 heavy (non-hydrogen) atoms. The maximum absolute atomic E-state index is 14.9. The first-order valence-electron chi connectivity index (χ1n) is 8.12. The largest absolute Gasteiger partial charge is 0.436 e. The van der Waals surface area contributed by atoms with Crippen LogP contribution < -0.4 is 15.2 Å². The highest BCUT2D eigenvalue weighted by atomic mass is 35.5. The van der Waals surface area contributed by atoms with Crippen molar-refractivity contribution in [3.8, 4) is 23.3 Å². The number of hydrogen-bond donors (Lipinski definition) is 1. The van der Waals surface area contributed by atoms with Gasteiger partial charge in [-0.25, -0.2) is 0 Å². The summed E-state index contributed by atoms with van der Waals surface area (Å²) in [6, 6.07) is 12.8. The lowest BCUT2D eigenvalue weighted by molar-refractivity contribution is -0.112. The number of ether oxygens (including phenoxy) is 2. The zero-order chi connectivity index (χ0) is 20.8. The summed E-state index contributed by atoms with van der Waals surface area (Å²) in [6.45, 7) is 0. The SMILES string of the molecule is CO/N=C(/C(N)=O)c1ccccc1Oc1ncnc(Oc2ccccc2Cl)c1F. The third-order valence-electron chi connectivity index (χ3n) is 3.53. The average molecular weight is 417 g/mol. The predicted octanol–water partition coefficient (Wildman–Crippen LogP) is 3.69. The highest BCUT2D eigenvalue weighted by molar-refractivity contribution is 6.45. The van der Waals surface area contributed by atoms with Crippen LogP contribution >= 0.6 is 11.6 Å². The molecule has 2 N–H and O–H groups in total. The van der Waals surface area contributed by atoms with Gasteiger partial charge in [0.25, 0.3) is 17.7 Å². The molecular formula is C19H14ClFN4O4. The van der Waals surface area contributed by atoms with Gasteiger partial charge < -0.3 is 20.0 Å². The van der Waals surface area contributed by atoms with Crippen LogP contribution in [-0.4, -0.2) is 28.7 Å². The van der Waals surface area contributed by atoms with Crippen molar-refractivity contribution < 1.29 is 23.5 Å². The Morgan fingerprint density at radius 1 is 1.03 bits per heavy atom. The number of aromatic nitrogens is 2. The first-order chi connectivity index (χ1) is 14.0. The Morgan fingerprint density at radius 3 is 2.24 bits per heavy atom. The molecule has 0 aliphatic rings. The second-order valence-electron chi connectivity index (χ2n) is 5.42. The number of oxime groups is 1. The van der Waals surface area contributed by atoms with Crippen molar-refractivity contribution in [2.45, 2.75) is 0 Å². The molecule has 1 amide bonds. The number of carbonyl (C=O) groups excluding carboxylic acids is 1. The number of halogens is 2. The number of amides is 1. The zero-order valence-electron chi connectivity index (χ0n) is 15.0. The number of nitrogens with two attached hydrogens (primary N) is 1. The van der Waals surface area contributed by atoms with Crippen LogP contribution in [0.4, 0.5) is 4.39 Å². The third kappa shape index (κ3) is 4.58. The number of hydrogen-bond acceptors (Lipinski definition) is 7. The molecule has 0 fully saturated rings. The Balaban J connectivity index is 1.95. The van der Waals surface area contributed by atoms with E-state index < -0.39 is 17.6 Å². The summed E-state index contributed by atoms with van der Waals surface area (Å²) in [5.74, 6) is -2.36. The molecule has 0 unspecified atom stereocenters. The van der Waals surface area contributed by atoms with Gasteiger partial charge in [0.2, 0.25) is 5.82 Å². The summed E-state index contributed by atoms with van der Waals surface area (Å²) in [5.41, 5.74) is 5.32. The molecule has 1 heterocycles. The van der Waals surface area contributed by atoms with E-state index in [1.165, 1.54) is 19.2 Å². The van der Waals surface area contributed by atoms with Crippen LogP contribution in [0.15, 0.2) is 60.0 Å². The van der Waals surface area contributed by atoms with E-state index >= 15 is 0 Å². The summed E-state index contributed by atoms with van der Waals surface area (Å²) >= 11 is 6.02. The maximum atomic E-state index is 14.9. The van der Waals surface area contributed by atoms with E-state index in [1.807, 2.05) is 0 Å². The van der Waals surface area contributed by atoms with Crippen LogP contribution in [0.1, 0.15) is 5.56 Å². The van der Waals surface area contributed by atoms with Crippen LogP contribution in [0, 0.1) is 5.82 Å². The lowest BCUT2D eigenvalue weighted by Crippen LogP contribution is -2.25. The normalized spacial score (nSPS) is 11.1. The minimum absolute atomic E-state index is 0.0726. The van der Waals surface area contributed by atoms with Gasteiger partial charge in [-0.2, -0.15) is 14.4 Å². The summed E-state index contributed by atoms with van der Waals surface area (Å²) in [6.07, 6.45) is 1.06. The monoisotopic (exact) mass is 416 g/mol. The molecule has 0 bridgehead atoms. The molecule has 0 radical (unpaired) electrons. The number of benzene rings is 2. The quantitative estimate of drug-likeness (QED) is 0.464. The molecule has 0 aliphatic heterocycles. The van der Waals surface area contributed by atoms with Crippen molar-refractivity contribution in [3.63, 3.8) is 0 Å². The molecule has 2 aromatic carbocycles. The van der Waals surface area contributed by atoms with Gasteiger partial charge in [-0.3, -0.25) is 4.79 Å². The smallest absolute Gasteiger partial charge is 0.271 e. The first-order valence-corrected chi connectivity index (χ1v) is 8.50. The molecule has 0 saturated carbocycles. The van der Waals surface area contributed by atoms with E-state index in [4.69, 9.17) is 26.8 Å². The zero-order valence-corrected chi connectivity index (χ0v) is 15.8. The molecule has 0 atom stereocenters. The van der Waals surface area contributed by atoms with Gasteiger partial charge in [-0.15, -0.1) is 0 Å². The second-order valence-corrected chi connectivity index (χ2v) is 5.82. The van der Waals surface area contributed by atoms with Crippen molar-refractivity contribution in [1.29, 1.82) is 0 Å². The Morgan fingerprint density at radius 2 is 1.62 bits per heavy atom. The van der Waals surface area contributed by atoms with Crippen molar-refractivity contribution in [1.82, 2.24) is 9.97 Å². The summed E-state index contributed by atoms with van der Waals surface area (Å²) in [5, 5.41) is 3.88. The van der Waals surface area contributed by atoms with Crippen molar-refractivity contribution in [2.24, 2.45) is 10.9 Å². The van der Waals surface area contributed by atoms with Gasteiger partial charge in [-0.1, -0.05) is 41.0 Å². The summed E-state index contributed by atoms with van der Waals surface area (Å²) < 4.78 is 25.8. The minimum atomic E-state index is -0.966. The Hall–Kier alpha value is -3.72. The lowest BCUT2D eigenvalue weighted by atomic mass is 10.1. The van der Waals surface area contributed by atoms with E-state index in [-0.39, 0.29) is 33.7 Å². The molecule has 0 spiro atoms. The van der Waals surface area contributed by atoms with E-state index in [0.29, 0.717) is 0 Å². The van der Waals surface area contributed by atoms with Gasteiger partial charge in [0.15, 0.2) is 5.71 Å². The molecule has 3 aromatic rings. The number of rotatable bonds is 7. The van der Waals surface area contributed by atoms with Crippen LogP contribution in [0.3, 0.4) is 0 Å². The Kier molecular flexibility index (Phi) is 6.20. The number of para-hydroxylation sites is 2. The van der Waals surface area contributed by atoms with Crippen LogP contribution in [0.5, 0.6) is 23.3 Å². The fraction of sp³-hybridized carbons (Fsp3) is 0.0526. The second kappa shape index (κ2) is 8.98. The molecule has 1 aromatic heterocycles. The van der Waals surface area contributed by atoms with E-state index in [0.717, 1.165) is 6.33 Å². The molecular weight excluding hydrogens is 403 g/mol. The van der Waals surface area contributed by atoms with E-state index in [2.05, 4.69) is 20.0 Å². The lowest BCUT2D eigenvalue weighted by Gasteiger charge is -2.12. The van der Waals surface area contributed by atoms with Crippen molar-refractivity contribution in [2.75, 3.05) is 7.11 Å². The highest BCUT2D eigenvalue weighted by Gasteiger charge is 2.21. The molecule has 8 nitrogen and oxygen atoms in total. The first kappa shape index (κ1) is 20.0. The van der Waals surface area contributed by atoms with Gasteiger partial charge >= 0.3 is 0 Å². The molecule has 10 heteroatoms. The van der Waals surface area contributed by atoms with Crippen LogP contribution in [0.2, 0.25) is 5.02 Å². The standard InChI is InChI=1S/C19H14ClFN4O4/c1-27-25-16(17(22)26)11-6-2-4-8-13(11)28-18-15(21)19(24-10-23-18)29-14-9-5-3-7-12(14)20/h2-10H,1H3,(H2,22,26)/b25-16+.